The molecule has 1 aromatic heterocycles. The minimum absolute atomic E-state index is 0.410. The zero-order chi connectivity index (χ0) is 11.3. The standard InChI is InChI=1S/C12H23N3/c1-12(2,8-10-13-3)7-5-11-6-9-14-15(11)4/h6,9,13H,5,7-8,10H2,1-4H3. The minimum Gasteiger partial charge on any atom is -0.320 e. The lowest BCUT2D eigenvalue weighted by molar-refractivity contribution is 0.303. The van der Waals surface area contributed by atoms with Gasteiger partial charge in [-0.25, -0.2) is 0 Å². The van der Waals surface area contributed by atoms with E-state index in [0.717, 1.165) is 13.0 Å². The predicted molar refractivity (Wildman–Crippen MR) is 63.9 cm³/mol. The number of hydrogen-bond acceptors (Lipinski definition) is 2. The SMILES string of the molecule is CNCCC(C)(C)CCc1ccnn1C. The highest BCUT2D eigenvalue weighted by Crippen LogP contribution is 2.26. The van der Waals surface area contributed by atoms with Crippen molar-refractivity contribution >= 4 is 0 Å². The third-order valence-electron chi connectivity index (χ3n) is 3.03. The number of nitrogens with one attached hydrogen (secondary N) is 1. The van der Waals surface area contributed by atoms with Crippen LogP contribution in [0.5, 0.6) is 0 Å². The Kier molecular flexibility index (Phi) is 4.33. The number of aromatic nitrogens is 2. The number of rotatable bonds is 6. The van der Waals surface area contributed by atoms with E-state index in [2.05, 4.69) is 30.3 Å². The maximum atomic E-state index is 4.18. The lowest BCUT2D eigenvalue weighted by atomic mass is 9.84. The molecule has 1 N–H and O–H groups in total. The average molecular weight is 209 g/mol. The molecule has 0 aliphatic heterocycles. The molecule has 15 heavy (non-hydrogen) atoms. The fourth-order valence-corrected chi connectivity index (χ4v) is 1.70. The molecule has 0 radical (unpaired) electrons. The lowest BCUT2D eigenvalue weighted by Crippen LogP contribution is -2.20. The first-order valence-electron chi connectivity index (χ1n) is 5.67. The highest BCUT2D eigenvalue weighted by atomic mass is 15.2. The minimum atomic E-state index is 0.410. The Hall–Kier alpha value is -0.830. The maximum Gasteiger partial charge on any atom is 0.0492 e. The Balaban J connectivity index is 2.39. The molecule has 1 heterocycles. The highest BCUT2D eigenvalue weighted by Gasteiger charge is 2.17. The summed E-state index contributed by atoms with van der Waals surface area (Å²) in [6, 6.07) is 2.11. The third kappa shape index (κ3) is 4.04. The van der Waals surface area contributed by atoms with E-state index in [0.29, 0.717) is 5.41 Å². The Morgan fingerprint density at radius 3 is 2.67 bits per heavy atom. The Morgan fingerprint density at radius 2 is 2.13 bits per heavy atom. The van der Waals surface area contributed by atoms with Crippen molar-refractivity contribution in [3.8, 4) is 0 Å². The average Bonchev–Trinajstić information content (AvgIpc) is 2.58. The van der Waals surface area contributed by atoms with E-state index >= 15 is 0 Å². The summed E-state index contributed by atoms with van der Waals surface area (Å²) in [6.07, 6.45) is 5.43. The summed E-state index contributed by atoms with van der Waals surface area (Å²) in [5.41, 5.74) is 1.74. The second-order valence-corrected chi connectivity index (χ2v) is 4.96. The largest absolute Gasteiger partial charge is 0.320 e. The Morgan fingerprint density at radius 1 is 1.40 bits per heavy atom. The van der Waals surface area contributed by atoms with Crippen LogP contribution in [-0.4, -0.2) is 23.4 Å². The molecule has 0 aliphatic carbocycles. The van der Waals surface area contributed by atoms with E-state index in [9.17, 15) is 0 Å². The first-order valence-corrected chi connectivity index (χ1v) is 5.67. The second-order valence-electron chi connectivity index (χ2n) is 4.96. The van der Waals surface area contributed by atoms with Gasteiger partial charge in [0.05, 0.1) is 0 Å². The first kappa shape index (κ1) is 12.2. The van der Waals surface area contributed by atoms with Crippen LogP contribution in [0.1, 0.15) is 32.4 Å². The van der Waals surface area contributed by atoms with Crippen LogP contribution in [0.3, 0.4) is 0 Å². The monoisotopic (exact) mass is 209 g/mol. The van der Waals surface area contributed by atoms with Crippen LogP contribution in [0.4, 0.5) is 0 Å². The summed E-state index contributed by atoms with van der Waals surface area (Å²) in [5, 5.41) is 7.39. The fraction of sp³-hybridized carbons (Fsp3) is 0.750. The molecule has 3 heteroatoms. The van der Waals surface area contributed by atoms with Crippen molar-refractivity contribution < 1.29 is 0 Å². The van der Waals surface area contributed by atoms with Gasteiger partial charge in [-0.05, 0) is 44.3 Å². The van der Waals surface area contributed by atoms with Crippen molar-refractivity contribution in [1.82, 2.24) is 15.1 Å². The van der Waals surface area contributed by atoms with E-state index in [1.54, 1.807) is 0 Å². The molecule has 0 bridgehead atoms. The summed E-state index contributed by atoms with van der Waals surface area (Å²) in [4.78, 5) is 0. The second kappa shape index (κ2) is 5.31. The summed E-state index contributed by atoms with van der Waals surface area (Å²) in [6.45, 7) is 5.76. The van der Waals surface area contributed by atoms with Crippen molar-refractivity contribution in [2.24, 2.45) is 12.5 Å². The zero-order valence-electron chi connectivity index (χ0n) is 10.4. The van der Waals surface area contributed by atoms with Crippen molar-refractivity contribution in [2.45, 2.75) is 33.1 Å². The van der Waals surface area contributed by atoms with Gasteiger partial charge in [-0.1, -0.05) is 13.8 Å². The van der Waals surface area contributed by atoms with Gasteiger partial charge in [0.2, 0.25) is 0 Å². The van der Waals surface area contributed by atoms with Crippen LogP contribution >= 0.6 is 0 Å². The van der Waals surface area contributed by atoms with E-state index in [-0.39, 0.29) is 0 Å². The van der Waals surface area contributed by atoms with Gasteiger partial charge in [0.15, 0.2) is 0 Å². The summed E-state index contributed by atoms with van der Waals surface area (Å²) in [5.74, 6) is 0. The van der Waals surface area contributed by atoms with Crippen LogP contribution in [0.15, 0.2) is 12.3 Å². The lowest BCUT2D eigenvalue weighted by Gasteiger charge is -2.24. The molecular formula is C12H23N3. The molecular weight excluding hydrogens is 186 g/mol. The topological polar surface area (TPSA) is 29.9 Å². The van der Waals surface area contributed by atoms with Crippen molar-refractivity contribution in [1.29, 1.82) is 0 Å². The molecule has 0 saturated heterocycles. The van der Waals surface area contributed by atoms with Crippen molar-refractivity contribution in [3.63, 3.8) is 0 Å². The molecule has 0 unspecified atom stereocenters. The summed E-state index contributed by atoms with van der Waals surface area (Å²) < 4.78 is 1.97. The molecule has 86 valence electrons. The molecule has 0 aromatic carbocycles. The van der Waals surface area contributed by atoms with Gasteiger partial charge in [-0.3, -0.25) is 4.68 Å². The predicted octanol–water partition coefficient (Wildman–Crippen LogP) is 1.99. The molecule has 0 atom stereocenters. The molecule has 0 amide bonds. The van der Waals surface area contributed by atoms with Gasteiger partial charge < -0.3 is 5.32 Å². The van der Waals surface area contributed by atoms with Crippen LogP contribution in [0.2, 0.25) is 0 Å². The molecule has 0 aliphatic rings. The van der Waals surface area contributed by atoms with Gasteiger partial charge in [-0.15, -0.1) is 0 Å². The first-order chi connectivity index (χ1) is 7.05. The molecule has 0 spiro atoms. The van der Waals surface area contributed by atoms with Gasteiger partial charge in [0.1, 0.15) is 0 Å². The zero-order valence-corrected chi connectivity index (χ0v) is 10.4. The van der Waals surface area contributed by atoms with E-state index in [1.807, 2.05) is 25.0 Å². The van der Waals surface area contributed by atoms with Crippen molar-refractivity contribution in [3.05, 3.63) is 18.0 Å². The Bertz CT molecular complexity index is 289. The number of aryl methyl sites for hydroxylation is 2. The van der Waals surface area contributed by atoms with Gasteiger partial charge in [-0.2, -0.15) is 5.10 Å². The number of hydrogen-bond donors (Lipinski definition) is 1. The van der Waals surface area contributed by atoms with Gasteiger partial charge in [0, 0.05) is 18.9 Å². The summed E-state index contributed by atoms with van der Waals surface area (Å²) in [7, 11) is 4.02. The van der Waals surface area contributed by atoms with Crippen LogP contribution in [0.25, 0.3) is 0 Å². The molecule has 1 rings (SSSR count). The van der Waals surface area contributed by atoms with Gasteiger partial charge in [0.25, 0.3) is 0 Å². The van der Waals surface area contributed by atoms with Crippen LogP contribution in [-0.2, 0) is 13.5 Å². The normalized spacial score (nSPS) is 12.0. The van der Waals surface area contributed by atoms with Gasteiger partial charge >= 0.3 is 0 Å². The number of nitrogens with zero attached hydrogens (tertiary/aromatic N) is 2. The molecule has 0 saturated carbocycles. The summed E-state index contributed by atoms with van der Waals surface area (Å²) >= 11 is 0. The van der Waals surface area contributed by atoms with E-state index < -0.39 is 0 Å². The van der Waals surface area contributed by atoms with Crippen LogP contribution in [0, 0.1) is 5.41 Å². The Labute approximate surface area is 92.9 Å². The molecule has 3 nitrogen and oxygen atoms in total. The smallest absolute Gasteiger partial charge is 0.0492 e. The van der Waals surface area contributed by atoms with Crippen molar-refractivity contribution in [2.75, 3.05) is 13.6 Å². The highest BCUT2D eigenvalue weighted by molar-refractivity contribution is 5.00. The van der Waals surface area contributed by atoms with E-state index in [1.165, 1.54) is 18.5 Å². The third-order valence-corrected chi connectivity index (χ3v) is 3.03. The van der Waals surface area contributed by atoms with E-state index in [4.69, 9.17) is 0 Å². The maximum absolute atomic E-state index is 4.18. The molecule has 1 aromatic rings. The fourth-order valence-electron chi connectivity index (χ4n) is 1.70. The van der Waals surface area contributed by atoms with Crippen LogP contribution < -0.4 is 5.32 Å². The quantitative estimate of drug-likeness (QED) is 0.776. The molecule has 0 fully saturated rings.